The van der Waals surface area contributed by atoms with Crippen molar-refractivity contribution in [2.75, 3.05) is 13.6 Å². The summed E-state index contributed by atoms with van der Waals surface area (Å²) in [6, 6.07) is 0. The molecule has 1 N–H and O–H groups in total. The van der Waals surface area contributed by atoms with Crippen molar-refractivity contribution in [3.8, 4) is 0 Å². The fraction of sp³-hybridized carbons (Fsp3) is 0.909. The summed E-state index contributed by atoms with van der Waals surface area (Å²) in [6.07, 6.45) is 4.18. The highest BCUT2D eigenvalue weighted by molar-refractivity contribution is 7.89. The predicted molar refractivity (Wildman–Crippen MR) is 65.2 cm³/mol. The van der Waals surface area contributed by atoms with Crippen LogP contribution in [0.5, 0.6) is 0 Å². The first-order valence-electron chi connectivity index (χ1n) is 6.01. The lowest BCUT2D eigenvalue weighted by Crippen LogP contribution is -2.38. The minimum absolute atomic E-state index is 0.406. The quantitative estimate of drug-likeness (QED) is 0.776. The Labute approximate surface area is 103 Å². The fourth-order valence-electron chi connectivity index (χ4n) is 2.29. The largest absolute Gasteiger partial charge is 0.480 e. The van der Waals surface area contributed by atoms with Crippen LogP contribution in [0.2, 0.25) is 0 Å². The third-order valence-corrected chi connectivity index (χ3v) is 5.73. The van der Waals surface area contributed by atoms with E-state index in [1.807, 2.05) is 0 Å². The third-order valence-electron chi connectivity index (χ3n) is 3.42. The van der Waals surface area contributed by atoms with E-state index in [9.17, 15) is 13.2 Å². The number of carboxylic acid groups (broad SMARTS) is 1. The van der Waals surface area contributed by atoms with Crippen molar-refractivity contribution in [2.24, 2.45) is 5.92 Å². The van der Waals surface area contributed by atoms with Crippen LogP contribution in [0.4, 0.5) is 0 Å². The molecule has 1 aliphatic carbocycles. The fourth-order valence-corrected chi connectivity index (χ4v) is 3.98. The monoisotopic (exact) mass is 263 g/mol. The van der Waals surface area contributed by atoms with Crippen molar-refractivity contribution in [2.45, 2.75) is 44.3 Å². The Bertz CT molecular complexity index is 366. The maximum Gasteiger partial charge on any atom is 0.318 e. The number of aliphatic carboxylic acids is 1. The zero-order valence-corrected chi connectivity index (χ0v) is 11.2. The molecular formula is C11H21NO4S. The SMILES string of the molecule is CC1CCCC(S(=O)(=O)N(C)CC(=O)O)CC1. The van der Waals surface area contributed by atoms with Gasteiger partial charge in [0, 0.05) is 7.05 Å². The molecule has 1 fully saturated rings. The molecule has 0 radical (unpaired) electrons. The average Bonchev–Trinajstić information content (AvgIpc) is 2.42. The van der Waals surface area contributed by atoms with Gasteiger partial charge in [0.2, 0.25) is 10.0 Å². The first kappa shape index (κ1) is 14.4. The average molecular weight is 263 g/mol. The van der Waals surface area contributed by atoms with Crippen LogP contribution in [0.25, 0.3) is 0 Å². The van der Waals surface area contributed by atoms with E-state index < -0.39 is 27.8 Å². The topological polar surface area (TPSA) is 74.7 Å². The molecule has 5 nitrogen and oxygen atoms in total. The summed E-state index contributed by atoms with van der Waals surface area (Å²) in [4.78, 5) is 10.6. The molecule has 0 spiro atoms. The molecule has 0 saturated heterocycles. The second kappa shape index (κ2) is 5.82. The molecule has 100 valence electrons. The normalized spacial score (nSPS) is 26.8. The van der Waals surface area contributed by atoms with Crippen LogP contribution in [0.15, 0.2) is 0 Å². The molecule has 2 unspecified atom stereocenters. The number of carbonyl (C=O) groups is 1. The van der Waals surface area contributed by atoms with E-state index >= 15 is 0 Å². The van der Waals surface area contributed by atoms with Crippen LogP contribution in [0, 0.1) is 5.92 Å². The lowest BCUT2D eigenvalue weighted by atomic mass is 10.0. The molecule has 1 aliphatic rings. The van der Waals surface area contributed by atoms with E-state index in [2.05, 4.69) is 6.92 Å². The molecule has 0 heterocycles. The van der Waals surface area contributed by atoms with Crippen molar-refractivity contribution in [1.29, 1.82) is 0 Å². The van der Waals surface area contributed by atoms with Gasteiger partial charge in [0.05, 0.1) is 5.25 Å². The molecule has 0 aliphatic heterocycles. The molecule has 0 aromatic carbocycles. The molecule has 0 aromatic rings. The van der Waals surface area contributed by atoms with Crippen molar-refractivity contribution in [1.82, 2.24) is 4.31 Å². The van der Waals surface area contributed by atoms with Gasteiger partial charge in [-0.3, -0.25) is 4.79 Å². The smallest absolute Gasteiger partial charge is 0.318 e. The van der Waals surface area contributed by atoms with Crippen molar-refractivity contribution in [3.05, 3.63) is 0 Å². The van der Waals surface area contributed by atoms with Gasteiger partial charge in [-0.2, -0.15) is 4.31 Å². The minimum Gasteiger partial charge on any atom is -0.480 e. The van der Waals surface area contributed by atoms with Crippen molar-refractivity contribution in [3.63, 3.8) is 0 Å². The van der Waals surface area contributed by atoms with E-state index in [0.717, 1.165) is 23.6 Å². The van der Waals surface area contributed by atoms with Crippen LogP contribution in [0.3, 0.4) is 0 Å². The van der Waals surface area contributed by atoms with Crippen molar-refractivity contribution >= 4 is 16.0 Å². The van der Waals surface area contributed by atoms with E-state index in [1.165, 1.54) is 7.05 Å². The molecule has 1 saturated carbocycles. The van der Waals surface area contributed by atoms with Crippen LogP contribution in [-0.4, -0.2) is 42.6 Å². The van der Waals surface area contributed by atoms with Gasteiger partial charge in [0.15, 0.2) is 0 Å². The number of rotatable bonds is 4. The highest BCUT2D eigenvalue weighted by Gasteiger charge is 2.32. The van der Waals surface area contributed by atoms with Crippen LogP contribution in [-0.2, 0) is 14.8 Å². The summed E-state index contributed by atoms with van der Waals surface area (Å²) in [7, 11) is -2.11. The molecule has 0 amide bonds. The maximum atomic E-state index is 12.1. The van der Waals surface area contributed by atoms with Gasteiger partial charge in [-0.15, -0.1) is 0 Å². The molecule has 17 heavy (non-hydrogen) atoms. The Balaban J connectivity index is 2.72. The summed E-state index contributed by atoms with van der Waals surface area (Å²) in [6.45, 7) is 1.68. The van der Waals surface area contributed by atoms with Gasteiger partial charge in [-0.25, -0.2) is 8.42 Å². The van der Waals surface area contributed by atoms with Gasteiger partial charge in [-0.1, -0.05) is 19.8 Å². The number of hydrogen-bond donors (Lipinski definition) is 1. The number of likely N-dealkylation sites (N-methyl/N-ethyl adjacent to an activating group) is 1. The Morgan fingerprint density at radius 2 is 1.94 bits per heavy atom. The second-order valence-corrected chi connectivity index (χ2v) is 7.25. The molecule has 0 aromatic heterocycles. The zero-order chi connectivity index (χ0) is 13.1. The molecule has 2 atom stereocenters. The number of hydrogen-bond acceptors (Lipinski definition) is 3. The summed E-state index contributed by atoms with van der Waals surface area (Å²) in [5.74, 6) is -0.543. The first-order chi connectivity index (χ1) is 7.84. The molecular weight excluding hydrogens is 242 g/mol. The number of sulfonamides is 1. The van der Waals surface area contributed by atoms with Crippen LogP contribution < -0.4 is 0 Å². The van der Waals surface area contributed by atoms with Gasteiger partial charge in [0.1, 0.15) is 6.54 Å². The van der Waals surface area contributed by atoms with E-state index in [1.54, 1.807) is 0 Å². The Hall–Kier alpha value is -0.620. The van der Waals surface area contributed by atoms with Crippen LogP contribution >= 0.6 is 0 Å². The lowest BCUT2D eigenvalue weighted by Gasteiger charge is -2.22. The summed E-state index contributed by atoms with van der Waals surface area (Å²) in [5.41, 5.74) is 0. The highest BCUT2D eigenvalue weighted by atomic mass is 32.2. The van der Waals surface area contributed by atoms with E-state index in [0.29, 0.717) is 18.8 Å². The maximum absolute atomic E-state index is 12.1. The molecule has 0 bridgehead atoms. The second-order valence-electron chi connectivity index (χ2n) is 4.93. The molecule has 6 heteroatoms. The van der Waals surface area contributed by atoms with Gasteiger partial charge >= 0.3 is 5.97 Å². The van der Waals surface area contributed by atoms with Crippen molar-refractivity contribution < 1.29 is 18.3 Å². The summed E-state index contributed by atoms with van der Waals surface area (Å²) >= 11 is 0. The highest BCUT2D eigenvalue weighted by Crippen LogP contribution is 2.27. The molecule has 1 rings (SSSR count). The van der Waals surface area contributed by atoms with Gasteiger partial charge in [0.25, 0.3) is 0 Å². The lowest BCUT2D eigenvalue weighted by molar-refractivity contribution is -0.137. The van der Waals surface area contributed by atoms with E-state index in [-0.39, 0.29) is 0 Å². The minimum atomic E-state index is -3.45. The Morgan fingerprint density at radius 1 is 1.29 bits per heavy atom. The summed E-state index contributed by atoms with van der Waals surface area (Å²) in [5, 5.41) is 8.23. The Kier molecular flexibility index (Phi) is 4.94. The van der Waals surface area contributed by atoms with E-state index in [4.69, 9.17) is 5.11 Å². The third kappa shape index (κ3) is 3.96. The van der Waals surface area contributed by atoms with Crippen LogP contribution in [0.1, 0.15) is 39.0 Å². The number of nitrogens with zero attached hydrogens (tertiary/aromatic N) is 1. The van der Waals surface area contributed by atoms with Gasteiger partial charge in [-0.05, 0) is 25.2 Å². The predicted octanol–water partition coefficient (Wildman–Crippen LogP) is 1.30. The zero-order valence-electron chi connectivity index (χ0n) is 10.4. The first-order valence-corrected chi connectivity index (χ1v) is 7.51. The van der Waals surface area contributed by atoms with Gasteiger partial charge < -0.3 is 5.11 Å². The summed E-state index contributed by atoms with van der Waals surface area (Å²) < 4.78 is 25.3. The number of carboxylic acids is 1. The standard InChI is InChI=1S/C11H21NO4S/c1-9-4-3-5-10(7-6-9)17(15,16)12(2)8-11(13)14/h9-10H,3-8H2,1-2H3,(H,13,14). The Morgan fingerprint density at radius 3 is 2.53 bits per heavy atom.